The normalized spacial score (nSPS) is 14.5. The average Bonchev–Trinajstić information content (AvgIpc) is 2.46. The van der Waals surface area contributed by atoms with E-state index >= 15 is 0 Å². The molecule has 0 saturated heterocycles. The molecule has 0 aliphatic rings. The number of aliphatic hydroxyl groups is 1. The van der Waals surface area contributed by atoms with Crippen molar-refractivity contribution >= 4 is 10.8 Å². The highest BCUT2D eigenvalue weighted by Gasteiger charge is 2.12. The molecule has 3 nitrogen and oxygen atoms in total. The summed E-state index contributed by atoms with van der Waals surface area (Å²) in [5.74, 6) is 0. The van der Waals surface area contributed by atoms with E-state index in [9.17, 15) is 5.11 Å². The molecule has 0 radical (unpaired) electrons. The Kier molecular flexibility index (Phi) is 4.91. The van der Waals surface area contributed by atoms with Crippen LogP contribution in [-0.2, 0) is 4.74 Å². The van der Waals surface area contributed by atoms with Crippen molar-refractivity contribution in [2.24, 2.45) is 0 Å². The van der Waals surface area contributed by atoms with Crippen LogP contribution >= 0.6 is 0 Å². The molecule has 0 saturated carbocycles. The molecule has 0 aliphatic heterocycles. The number of methoxy groups -OCH3 is 1. The van der Waals surface area contributed by atoms with Gasteiger partial charge in [-0.1, -0.05) is 36.4 Å². The summed E-state index contributed by atoms with van der Waals surface area (Å²) in [6.07, 6.45) is 0. The number of nitrogens with one attached hydrogen (secondary N) is 1. The van der Waals surface area contributed by atoms with Gasteiger partial charge in [-0.2, -0.15) is 0 Å². The van der Waals surface area contributed by atoms with Crippen molar-refractivity contribution in [2.45, 2.75) is 19.0 Å². The van der Waals surface area contributed by atoms with Crippen LogP contribution in [-0.4, -0.2) is 31.5 Å². The lowest BCUT2D eigenvalue weighted by Gasteiger charge is -2.21. The standard InChI is InChI=1S/C16H21NO2/c1-12(17-16(10-18)11-19-2)14-8-7-13-5-3-4-6-15(13)9-14/h3-9,12,16-18H,10-11H2,1-2H3. The van der Waals surface area contributed by atoms with E-state index in [1.165, 1.54) is 16.3 Å². The molecule has 19 heavy (non-hydrogen) atoms. The lowest BCUT2D eigenvalue weighted by molar-refractivity contribution is 0.123. The third-order valence-electron chi connectivity index (χ3n) is 3.35. The molecule has 0 aromatic heterocycles. The van der Waals surface area contributed by atoms with Crippen LogP contribution in [0.3, 0.4) is 0 Å². The molecule has 0 spiro atoms. The topological polar surface area (TPSA) is 41.5 Å². The maximum Gasteiger partial charge on any atom is 0.0638 e. The second-order valence-electron chi connectivity index (χ2n) is 4.83. The van der Waals surface area contributed by atoms with Crippen LogP contribution in [0.4, 0.5) is 0 Å². The zero-order valence-corrected chi connectivity index (χ0v) is 11.5. The molecule has 0 amide bonds. The predicted molar refractivity (Wildman–Crippen MR) is 78.2 cm³/mol. The van der Waals surface area contributed by atoms with Gasteiger partial charge in [-0.3, -0.25) is 0 Å². The van der Waals surface area contributed by atoms with Crippen LogP contribution in [0, 0.1) is 0 Å². The Bertz CT molecular complexity index is 527. The first-order valence-electron chi connectivity index (χ1n) is 6.59. The van der Waals surface area contributed by atoms with Crippen molar-refractivity contribution in [3.63, 3.8) is 0 Å². The summed E-state index contributed by atoms with van der Waals surface area (Å²) in [5, 5.41) is 15.1. The van der Waals surface area contributed by atoms with Gasteiger partial charge in [-0.05, 0) is 29.3 Å². The van der Waals surface area contributed by atoms with Crippen molar-refractivity contribution in [3.8, 4) is 0 Å². The average molecular weight is 259 g/mol. The van der Waals surface area contributed by atoms with Gasteiger partial charge in [0.05, 0.1) is 19.3 Å². The summed E-state index contributed by atoms with van der Waals surface area (Å²) in [4.78, 5) is 0. The van der Waals surface area contributed by atoms with Gasteiger partial charge in [0.25, 0.3) is 0 Å². The number of hydrogen-bond acceptors (Lipinski definition) is 3. The van der Waals surface area contributed by atoms with Gasteiger partial charge < -0.3 is 15.2 Å². The second-order valence-corrected chi connectivity index (χ2v) is 4.83. The Morgan fingerprint density at radius 2 is 1.89 bits per heavy atom. The molecule has 102 valence electrons. The maximum atomic E-state index is 9.28. The molecular weight excluding hydrogens is 238 g/mol. The van der Waals surface area contributed by atoms with Crippen LogP contribution < -0.4 is 5.32 Å². The highest BCUT2D eigenvalue weighted by Crippen LogP contribution is 2.20. The van der Waals surface area contributed by atoms with E-state index in [4.69, 9.17) is 4.74 Å². The van der Waals surface area contributed by atoms with Crippen LogP contribution in [0.5, 0.6) is 0 Å². The summed E-state index contributed by atoms with van der Waals surface area (Å²) >= 11 is 0. The maximum absolute atomic E-state index is 9.28. The van der Waals surface area contributed by atoms with E-state index in [-0.39, 0.29) is 18.7 Å². The third-order valence-corrected chi connectivity index (χ3v) is 3.35. The van der Waals surface area contributed by atoms with Gasteiger partial charge in [0.2, 0.25) is 0 Å². The lowest BCUT2D eigenvalue weighted by Crippen LogP contribution is -2.38. The zero-order valence-electron chi connectivity index (χ0n) is 11.5. The fraction of sp³-hybridized carbons (Fsp3) is 0.375. The van der Waals surface area contributed by atoms with Crippen LogP contribution in [0.25, 0.3) is 10.8 Å². The summed E-state index contributed by atoms with van der Waals surface area (Å²) in [5.41, 5.74) is 1.22. The second kappa shape index (κ2) is 6.66. The number of hydrogen-bond donors (Lipinski definition) is 2. The predicted octanol–water partition coefficient (Wildman–Crippen LogP) is 2.50. The van der Waals surface area contributed by atoms with Gasteiger partial charge in [0.15, 0.2) is 0 Å². The Morgan fingerprint density at radius 1 is 1.16 bits per heavy atom. The van der Waals surface area contributed by atoms with Gasteiger partial charge >= 0.3 is 0 Å². The summed E-state index contributed by atoms with van der Waals surface area (Å²) in [6, 6.07) is 14.9. The quantitative estimate of drug-likeness (QED) is 0.837. The fourth-order valence-electron chi connectivity index (χ4n) is 2.28. The first kappa shape index (κ1) is 14.0. The van der Waals surface area contributed by atoms with Crippen LogP contribution in [0.2, 0.25) is 0 Å². The minimum absolute atomic E-state index is 0.0357. The van der Waals surface area contributed by atoms with Crippen LogP contribution in [0.15, 0.2) is 42.5 Å². The van der Waals surface area contributed by atoms with E-state index in [2.05, 4.69) is 42.6 Å². The highest BCUT2D eigenvalue weighted by molar-refractivity contribution is 5.83. The molecule has 0 aliphatic carbocycles. The molecule has 2 N–H and O–H groups in total. The van der Waals surface area contributed by atoms with Crippen molar-refractivity contribution in [1.82, 2.24) is 5.32 Å². The van der Waals surface area contributed by atoms with E-state index in [0.717, 1.165) is 0 Å². The molecule has 2 aromatic carbocycles. The summed E-state index contributed by atoms with van der Waals surface area (Å²) in [7, 11) is 1.64. The summed E-state index contributed by atoms with van der Waals surface area (Å²) < 4.78 is 5.08. The van der Waals surface area contributed by atoms with E-state index in [1.54, 1.807) is 7.11 Å². The van der Waals surface area contributed by atoms with Crippen LogP contribution in [0.1, 0.15) is 18.5 Å². The highest BCUT2D eigenvalue weighted by atomic mass is 16.5. The molecule has 2 unspecified atom stereocenters. The SMILES string of the molecule is COCC(CO)NC(C)c1ccc2ccccc2c1. The van der Waals surface area contributed by atoms with Gasteiger partial charge in [0.1, 0.15) is 0 Å². The molecule has 0 heterocycles. The van der Waals surface area contributed by atoms with Crippen molar-refractivity contribution in [3.05, 3.63) is 48.0 Å². The van der Waals surface area contributed by atoms with Gasteiger partial charge in [0, 0.05) is 13.2 Å². The Labute approximate surface area is 114 Å². The molecule has 2 rings (SSSR count). The largest absolute Gasteiger partial charge is 0.395 e. The molecule has 3 heteroatoms. The van der Waals surface area contributed by atoms with E-state index < -0.39 is 0 Å². The van der Waals surface area contributed by atoms with E-state index in [1.807, 2.05) is 12.1 Å². The van der Waals surface area contributed by atoms with Crippen molar-refractivity contribution < 1.29 is 9.84 Å². The zero-order chi connectivity index (χ0) is 13.7. The smallest absolute Gasteiger partial charge is 0.0638 e. The van der Waals surface area contributed by atoms with E-state index in [0.29, 0.717) is 6.61 Å². The molecule has 0 bridgehead atoms. The van der Waals surface area contributed by atoms with Gasteiger partial charge in [-0.25, -0.2) is 0 Å². The Balaban J connectivity index is 2.14. The minimum atomic E-state index is -0.0357. The first-order valence-corrected chi connectivity index (χ1v) is 6.59. The number of benzene rings is 2. The molecular formula is C16H21NO2. The molecule has 2 atom stereocenters. The van der Waals surface area contributed by atoms with Crippen molar-refractivity contribution in [1.29, 1.82) is 0 Å². The Hall–Kier alpha value is -1.42. The number of aliphatic hydroxyl groups excluding tert-OH is 1. The monoisotopic (exact) mass is 259 g/mol. The fourth-order valence-corrected chi connectivity index (χ4v) is 2.28. The Morgan fingerprint density at radius 3 is 2.58 bits per heavy atom. The minimum Gasteiger partial charge on any atom is -0.395 e. The number of ether oxygens (including phenoxy) is 1. The van der Waals surface area contributed by atoms with Gasteiger partial charge in [-0.15, -0.1) is 0 Å². The summed E-state index contributed by atoms with van der Waals surface area (Å²) in [6.45, 7) is 2.68. The number of rotatable bonds is 6. The number of fused-ring (bicyclic) bond motifs is 1. The molecule has 2 aromatic rings. The van der Waals surface area contributed by atoms with Crippen molar-refractivity contribution in [2.75, 3.05) is 20.3 Å². The molecule has 0 fully saturated rings. The third kappa shape index (κ3) is 3.53. The lowest BCUT2D eigenvalue weighted by atomic mass is 10.0. The first-order chi connectivity index (χ1) is 9.24.